The van der Waals surface area contributed by atoms with E-state index in [-0.39, 0.29) is 0 Å². The van der Waals surface area contributed by atoms with Crippen LogP contribution in [0.15, 0.2) is 49.6 Å². The van der Waals surface area contributed by atoms with E-state index in [1.807, 2.05) is 6.79 Å². The van der Waals surface area contributed by atoms with Crippen LogP contribution in [0.4, 0.5) is 0 Å². The van der Waals surface area contributed by atoms with Gasteiger partial charge in [-0.25, -0.2) is 0 Å². The number of carbonyl (C=O) groups is 1. The standard InChI is InChI=1S/2C9H12.C2H4.CH2O/c2*1-7-4-5-8(2)9(3)6-7;2*1-2/h2*4-6H,1-3H3;1-2H2;1H2. The third kappa shape index (κ3) is 8.91. The zero-order valence-corrected chi connectivity index (χ0v) is 15.0. The molecule has 0 fully saturated rings. The first-order valence-electron chi connectivity index (χ1n) is 7.26. The first-order chi connectivity index (χ1) is 10.4. The van der Waals surface area contributed by atoms with Gasteiger partial charge in [-0.2, -0.15) is 0 Å². The van der Waals surface area contributed by atoms with Gasteiger partial charge in [0.15, 0.2) is 0 Å². The number of benzene rings is 2. The first kappa shape index (κ1) is 22.1. The van der Waals surface area contributed by atoms with E-state index in [0.29, 0.717) is 0 Å². The van der Waals surface area contributed by atoms with Gasteiger partial charge in [0.2, 0.25) is 0 Å². The summed E-state index contributed by atoms with van der Waals surface area (Å²) in [5, 5.41) is 0. The molecule has 0 atom stereocenters. The second kappa shape index (κ2) is 12.6. The van der Waals surface area contributed by atoms with Crippen molar-refractivity contribution < 1.29 is 4.79 Å². The van der Waals surface area contributed by atoms with E-state index in [4.69, 9.17) is 4.79 Å². The van der Waals surface area contributed by atoms with Crippen molar-refractivity contribution in [2.45, 2.75) is 41.5 Å². The fourth-order valence-electron chi connectivity index (χ4n) is 1.78. The predicted molar refractivity (Wildman–Crippen MR) is 99.7 cm³/mol. The van der Waals surface area contributed by atoms with Crippen molar-refractivity contribution in [2.24, 2.45) is 0 Å². The fraction of sp³-hybridized carbons (Fsp3) is 0.286. The van der Waals surface area contributed by atoms with Crippen molar-refractivity contribution in [1.29, 1.82) is 0 Å². The molecule has 0 aliphatic heterocycles. The maximum absolute atomic E-state index is 8.00. The summed E-state index contributed by atoms with van der Waals surface area (Å²) < 4.78 is 0. The molecular weight excluding hydrogens is 268 g/mol. The molecule has 0 amide bonds. The highest BCUT2D eigenvalue weighted by atomic mass is 16.1. The molecule has 0 saturated heterocycles. The highest BCUT2D eigenvalue weighted by Crippen LogP contribution is 2.08. The molecule has 22 heavy (non-hydrogen) atoms. The number of hydrogen-bond acceptors (Lipinski definition) is 1. The van der Waals surface area contributed by atoms with Gasteiger partial charge in [0.25, 0.3) is 0 Å². The number of carbonyl (C=O) groups excluding carboxylic acids is 1. The Balaban J connectivity index is 0. The number of hydrogen-bond donors (Lipinski definition) is 0. The van der Waals surface area contributed by atoms with E-state index in [1.54, 1.807) is 0 Å². The average molecular weight is 298 g/mol. The summed E-state index contributed by atoms with van der Waals surface area (Å²) in [5.41, 5.74) is 8.21. The summed E-state index contributed by atoms with van der Waals surface area (Å²) >= 11 is 0. The summed E-state index contributed by atoms with van der Waals surface area (Å²) in [6.45, 7) is 20.8. The van der Waals surface area contributed by atoms with Crippen LogP contribution in [-0.2, 0) is 4.79 Å². The maximum Gasteiger partial charge on any atom is 0.106 e. The minimum absolute atomic E-state index is 1.35. The van der Waals surface area contributed by atoms with Crippen molar-refractivity contribution in [1.82, 2.24) is 0 Å². The van der Waals surface area contributed by atoms with E-state index in [9.17, 15) is 0 Å². The molecule has 0 bridgehead atoms. The summed E-state index contributed by atoms with van der Waals surface area (Å²) in [6.07, 6.45) is 0. The Bertz CT molecular complexity index is 504. The third-order valence-electron chi connectivity index (χ3n) is 3.32. The Morgan fingerprint density at radius 2 is 0.818 bits per heavy atom. The molecule has 0 unspecified atom stereocenters. The van der Waals surface area contributed by atoms with Crippen molar-refractivity contribution in [3.63, 3.8) is 0 Å². The van der Waals surface area contributed by atoms with Gasteiger partial charge in [-0.1, -0.05) is 47.5 Å². The summed E-state index contributed by atoms with van der Waals surface area (Å²) in [4.78, 5) is 8.00. The molecular formula is C21H30O. The Labute approximate surface area is 136 Å². The normalized spacial score (nSPS) is 8.27. The first-order valence-corrected chi connectivity index (χ1v) is 7.26. The van der Waals surface area contributed by atoms with Crippen LogP contribution in [0.2, 0.25) is 0 Å². The molecule has 2 aromatic rings. The van der Waals surface area contributed by atoms with Gasteiger partial charge in [-0.05, 0) is 63.8 Å². The van der Waals surface area contributed by atoms with Gasteiger partial charge in [0.1, 0.15) is 6.79 Å². The molecule has 0 heterocycles. The van der Waals surface area contributed by atoms with Crippen LogP contribution in [0, 0.1) is 41.5 Å². The number of rotatable bonds is 0. The van der Waals surface area contributed by atoms with E-state index < -0.39 is 0 Å². The van der Waals surface area contributed by atoms with Gasteiger partial charge in [-0.3, -0.25) is 0 Å². The molecule has 2 rings (SSSR count). The Hall–Kier alpha value is -2.15. The molecule has 0 aliphatic rings. The second-order valence-corrected chi connectivity index (χ2v) is 5.18. The monoisotopic (exact) mass is 298 g/mol. The second-order valence-electron chi connectivity index (χ2n) is 5.18. The van der Waals surface area contributed by atoms with Crippen LogP contribution in [-0.4, -0.2) is 6.79 Å². The molecule has 1 nitrogen and oxygen atoms in total. The highest BCUT2D eigenvalue weighted by Gasteiger charge is 1.89. The van der Waals surface area contributed by atoms with Gasteiger partial charge in [-0.15, -0.1) is 13.2 Å². The Kier molecular flexibility index (Phi) is 12.7. The third-order valence-corrected chi connectivity index (χ3v) is 3.32. The lowest BCUT2D eigenvalue weighted by Crippen LogP contribution is -1.79. The Morgan fingerprint density at radius 3 is 1.00 bits per heavy atom. The summed E-state index contributed by atoms with van der Waals surface area (Å²) in [5.74, 6) is 0. The molecule has 0 spiro atoms. The molecule has 120 valence electrons. The van der Waals surface area contributed by atoms with Crippen LogP contribution >= 0.6 is 0 Å². The molecule has 0 N–H and O–H groups in total. The van der Waals surface area contributed by atoms with Gasteiger partial charge in [0, 0.05) is 0 Å². The van der Waals surface area contributed by atoms with E-state index >= 15 is 0 Å². The molecule has 0 radical (unpaired) electrons. The van der Waals surface area contributed by atoms with Crippen LogP contribution in [0.25, 0.3) is 0 Å². The quantitative estimate of drug-likeness (QED) is 0.558. The topological polar surface area (TPSA) is 17.1 Å². The zero-order chi connectivity index (χ0) is 17.7. The van der Waals surface area contributed by atoms with Crippen molar-refractivity contribution in [3.8, 4) is 0 Å². The van der Waals surface area contributed by atoms with Crippen LogP contribution < -0.4 is 0 Å². The predicted octanol–water partition coefficient (Wildman–Crippen LogP) is 5.84. The van der Waals surface area contributed by atoms with E-state index in [2.05, 4.69) is 91.1 Å². The van der Waals surface area contributed by atoms with E-state index in [0.717, 1.165) is 0 Å². The van der Waals surface area contributed by atoms with Crippen LogP contribution in [0.1, 0.15) is 33.4 Å². The summed E-state index contributed by atoms with van der Waals surface area (Å²) in [7, 11) is 0. The van der Waals surface area contributed by atoms with Gasteiger partial charge < -0.3 is 4.79 Å². The van der Waals surface area contributed by atoms with Gasteiger partial charge in [0.05, 0.1) is 0 Å². The van der Waals surface area contributed by atoms with Gasteiger partial charge >= 0.3 is 0 Å². The Morgan fingerprint density at radius 1 is 0.545 bits per heavy atom. The maximum atomic E-state index is 8.00. The molecule has 1 heteroatoms. The lowest BCUT2D eigenvalue weighted by molar-refractivity contribution is -0.0979. The minimum Gasteiger partial charge on any atom is -0.307 e. The van der Waals surface area contributed by atoms with Crippen LogP contribution in [0.3, 0.4) is 0 Å². The largest absolute Gasteiger partial charge is 0.307 e. The molecule has 0 saturated carbocycles. The fourth-order valence-corrected chi connectivity index (χ4v) is 1.78. The smallest absolute Gasteiger partial charge is 0.106 e. The van der Waals surface area contributed by atoms with Crippen molar-refractivity contribution >= 4 is 6.79 Å². The van der Waals surface area contributed by atoms with Crippen molar-refractivity contribution in [2.75, 3.05) is 0 Å². The summed E-state index contributed by atoms with van der Waals surface area (Å²) in [6, 6.07) is 13.0. The lowest BCUT2D eigenvalue weighted by Gasteiger charge is -1.98. The molecule has 0 aromatic heterocycles. The molecule has 2 aromatic carbocycles. The zero-order valence-electron chi connectivity index (χ0n) is 15.0. The van der Waals surface area contributed by atoms with Crippen LogP contribution in [0.5, 0.6) is 0 Å². The van der Waals surface area contributed by atoms with E-state index in [1.165, 1.54) is 33.4 Å². The molecule has 0 aliphatic carbocycles. The highest BCUT2D eigenvalue weighted by molar-refractivity contribution is 5.29. The SMILES string of the molecule is C=C.C=O.Cc1ccc(C)c(C)c1.Cc1ccc(C)c(C)c1. The van der Waals surface area contributed by atoms with Crippen molar-refractivity contribution in [3.05, 3.63) is 82.9 Å². The lowest BCUT2D eigenvalue weighted by atomic mass is 10.1. The minimum atomic E-state index is 1.35. The average Bonchev–Trinajstić information content (AvgIpc) is 2.52. The number of aryl methyl sites for hydroxylation is 6.